The smallest absolute Gasteiger partial charge is 0.123 e. The van der Waals surface area contributed by atoms with Crippen molar-refractivity contribution >= 4 is 0 Å². The van der Waals surface area contributed by atoms with Crippen LogP contribution in [0.3, 0.4) is 0 Å². The molecule has 0 fully saturated rings. The van der Waals surface area contributed by atoms with E-state index in [-0.39, 0.29) is 18.2 Å². The fraction of sp³-hybridized carbons (Fsp3) is 0.0769. The molecule has 0 saturated carbocycles. The monoisotopic (exact) mass is 220 g/mol. The number of hydrogen-bond donors (Lipinski definition) is 0. The second-order valence-electron chi connectivity index (χ2n) is 3.37. The highest BCUT2D eigenvalue weighted by Gasteiger charge is 1.97. The molecule has 0 aromatic heterocycles. The van der Waals surface area contributed by atoms with Crippen molar-refractivity contribution in [2.75, 3.05) is 0 Å². The minimum Gasteiger partial charge on any atom is -0.489 e. The van der Waals surface area contributed by atoms with Crippen molar-refractivity contribution in [3.8, 4) is 5.75 Å². The number of hydrogen-bond acceptors (Lipinski definition) is 1. The maximum atomic E-state index is 12.8. The zero-order valence-corrected chi connectivity index (χ0v) is 8.49. The molecule has 0 unspecified atom stereocenters. The number of halogens is 2. The molecular formula is C13H10F2O. The van der Waals surface area contributed by atoms with E-state index in [9.17, 15) is 8.78 Å². The van der Waals surface area contributed by atoms with E-state index in [0.29, 0.717) is 5.75 Å². The maximum Gasteiger partial charge on any atom is 0.123 e. The van der Waals surface area contributed by atoms with E-state index in [4.69, 9.17) is 4.74 Å². The van der Waals surface area contributed by atoms with Crippen molar-refractivity contribution in [2.24, 2.45) is 0 Å². The highest BCUT2D eigenvalue weighted by molar-refractivity contribution is 5.23. The largest absolute Gasteiger partial charge is 0.489 e. The van der Waals surface area contributed by atoms with Gasteiger partial charge in [-0.15, -0.1) is 0 Å². The van der Waals surface area contributed by atoms with Crippen molar-refractivity contribution in [3.05, 3.63) is 65.7 Å². The third-order valence-electron chi connectivity index (χ3n) is 2.11. The molecule has 0 aliphatic heterocycles. The lowest BCUT2D eigenvalue weighted by Crippen LogP contribution is -1.95. The first-order valence-corrected chi connectivity index (χ1v) is 4.87. The van der Waals surface area contributed by atoms with Gasteiger partial charge in [0.1, 0.15) is 24.0 Å². The van der Waals surface area contributed by atoms with Crippen molar-refractivity contribution in [2.45, 2.75) is 6.61 Å². The van der Waals surface area contributed by atoms with Crippen LogP contribution in [0.2, 0.25) is 0 Å². The molecule has 2 rings (SSSR count). The van der Waals surface area contributed by atoms with Crippen molar-refractivity contribution < 1.29 is 13.5 Å². The van der Waals surface area contributed by atoms with Crippen LogP contribution in [0.5, 0.6) is 5.75 Å². The molecule has 0 bridgehead atoms. The molecule has 0 N–H and O–H groups in total. The van der Waals surface area contributed by atoms with Crippen molar-refractivity contribution in [1.82, 2.24) is 0 Å². The Balaban J connectivity index is 1.99. The fourth-order valence-corrected chi connectivity index (χ4v) is 1.32. The van der Waals surface area contributed by atoms with Gasteiger partial charge in [-0.1, -0.05) is 12.1 Å². The highest BCUT2D eigenvalue weighted by atomic mass is 19.1. The number of benzene rings is 2. The predicted octanol–water partition coefficient (Wildman–Crippen LogP) is 3.54. The van der Waals surface area contributed by atoms with Gasteiger partial charge < -0.3 is 4.74 Å². The van der Waals surface area contributed by atoms with Gasteiger partial charge in [-0.3, -0.25) is 0 Å². The van der Waals surface area contributed by atoms with Crippen LogP contribution in [-0.2, 0) is 6.61 Å². The highest BCUT2D eigenvalue weighted by Crippen LogP contribution is 2.13. The SMILES string of the molecule is Fc1ccc(OCc2cccc(F)c2)cc1. The summed E-state index contributed by atoms with van der Waals surface area (Å²) < 4.78 is 30.8. The van der Waals surface area contributed by atoms with E-state index in [0.717, 1.165) is 5.56 Å². The Bertz CT molecular complexity index is 466. The van der Waals surface area contributed by atoms with Gasteiger partial charge in [-0.25, -0.2) is 8.78 Å². The minimum atomic E-state index is -0.307. The van der Waals surface area contributed by atoms with Gasteiger partial charge in [0.15, 0.2) is 0 Å². The Kier molecular flexibility index (Phi) is 3.15. The zero-order chi connectivity index (χ0) is 11.4. The van der Waals surface area contributed by atoms with Crippen LogP contribution in [0.1, 0.15) is 5.56 Å². The first-order chi connectivity index (χ1) is 7.74. The molecule has 0 amide bonds. The summed E-state index contributed by atoms with van der Waals surface area (Å²) in [5.41, 5.74) is 0.740. The van der Waals surface area contributed by atoms with Crippen molar-refractivity contribution in [1.29, 1.82) is 0 Å². The average molecular weight is 220 g/mol. The molecule has 0 spiro atoms. The Hall–Kier alpha value is -1.90. The fourth-order valence-electron chi connectivity index (χ4n) is 1.32. The zero-order valence-electron chi connectivity index (χ0n) is 8.49. The minimum absolute atomic E-state index is 0.267. The molecule has 0 aliphatic carbocycles. The first-order valence-electron chi connectivity index (χ1n) is 4.87. The Morgan fingerprint density at radius 2 is 1.62 bits per heavy atom. The quantitative estimate of drug-likeness (QED) is 0.768. The molecule has 16 heavy (non-hydrogen) atoms. The predicted molar refractivity (Wildman–Crippen MR) is 57.1 cm³/mol. The summed E-state index contributed by atoms with van der Waals surface area (Å²) in [6, 6.07) is 11.9. The van der Waals surface area contributed by atoms with Crippen LogP contribution in [0.4, 0.5) is 8.78 Å². The summed E-state index contributed by atoms with van der Waals surface area (Å²) in [5, 5.41) is 0. The summed E-state index contributed by atoms with van der Waals surface area (Å²) in [6.07, 6.45) is 0. The summed E-state index contributed by atoms with van der Waals surface area (Å²) in [4.78, 5) is 0. The Labute approximate surface area is 92.3 Å². The molecule has 2 aromatic rings. The molecule has 0 heterocycles. The molecule has 0 aliphatic rings. The van der Waals surface area contributed by atoms with E-state index in [2.05, 4.69) is 0 Å². The van der Waals surface area contributed by atoms with Crippen LogP contribution in [0.15, 0.2) is 48.5 Å². The van der Waals surface area contributed by atoms with Crippen LogP contribution in [0.25, 0.3) is 0 Å². The molecule has 2 aromatic carbocycles. The molecule has 82 valence electrons. The first kappa shape index (κ1) is 10.6. The van der Waals surface area contributed by atoms with Gasteiger partial charge in [-0.2, -0.15) is 0 Å². The molecule has 0 atom stereocenters. The third kappa shape index (κ3) is 2.79. The van der Waals surface area contributed by atoms with Crippen LogP contribution < -0.4 is 4.74 Å². The van der Waals surface area contributed by atoms with E-state index in [1.54, 1.807) is 12.1 Å². The summed E-state index contributed by atoms with van der Waals surface area (Å²) in [7, 11) is 0. The average Bonchev–Trinajstić information content (AvgIpc) is 2.28. The topological polar surface area (TPSA) is 9.23 Å². The van der Waals surface area contributed by atoms with Gasteiger partial charge in [-0.05, 0) is 42.0 Å². The maximum absolute atomic E-state index is 12.8. The van der Waals surface area contributed by atoms with Gasteiger partial charge in [0.05, 0.1) is 0 Å². The molecule has 0 saturated heterocycles. The molecule has 1 nitrogen and oxygen atoms in total. The van der Waals surface area contributed by atoms with Crippen LogP contribution in [0, 0.1) is 11.6 Å². The molecular weight excluding hydrogens is 210 g/mol. The second-order valence-corrected chi connectivity index (χ2v) is 3.37. The number of rotatable bonds is 3. The number of ether oxygens (including phenoxy) is 1. The molecule has 0 radical (unpaired) electrons. The summed E-state index contributed by atoms with van der Waals surface area (Å²) in [5.74, 6) is -0.0380. The van der Waals surface area contributed by atoms with Crippen LogP contribution in [-0.4, -0.2) is 0 Å². The normalized spacial score (nSPS) is 10.1. The lowest BCUT2D eigenvalue weighted by atomic mass is 10.2. The summed E-state index contributed by atoms with van der Waals surface area (Å²) in [6.45, 7) is 0.267. The summed E-state index contributed by atoms with van der Waals surface area (Å²) >= 11 is 0. The lowest BCUT2D eigenvalue weighted by Gasteiger charge is -2.05. The standard InChI is InChI=1S/C13H10F2O/c14-11-4-6-13(7-5-11)16-9-10-2-1-3-12(15)8-10/h1-8H,9H2. The van der Waals surface area contributed by atoms with Gasteiger partial charge >= 0.3 is 0 Å². The molecule has 3 heteroatoms. The lowest BCUT2D eigenvalue weighted by molar-refractivity contribution is 0.305. The van der Waals surface area contributed by atoms with Gasteiger partial charge in [0.25, 0.3) is 0 Å². The van der Waals surface area contributed by atoms with E-state index in [1.807, 2.05) is 0 Å². The van der Waals surface area contributed by atoms with E-state index >= 15 is 0 Å². The van der Waals surface area contributed by atoms with Gasteiger partial charge in [0.2, 0.25) is 0 Å². The van der Waals surface area contributed by atoms with E-state index in [1.165, 1.54) is 36.4 Å². The Morgan fingerprint density at radius 1 is 0.875 bits per heavy atom. The van der Waals surface area contributed by atoms with Crippen molar-refractivity contribution in [3.63, 3.8) is 0 Å². The van der Waals surface area contributed by atoms with Gasteiger partial charge in [0, 0.05) is 0 Å². The van der Waals surface area contributed by atoms with Crippen LogP contribution >= 0.6 is 0 Å². The third-order valence-corrected chi connectivity index (χ3v) is 2.11. The van der Waals surface area contributed by atoms with E-state index < -0.39 is 0 Å². The second kappa shape index (κ2) is 4.75. The Morgan fingerprint density at radius 3 is 2.31 bits per heavy atom.